The Morgan fingerprint density at radius 3 is 2.92 bits per heavy atom. The molecule has 2 fully saturated rings. The molecule has 1 N–H and O–H groups in total. The maximum absolute atomic E-state index is 13.6. The maximum atomic E-state index is 13.6. The van der Waals surface area contributed by atoms with Gasteiger partial charge in [-0.1, -0.05) is 26.0 Å². The molecular formula is C20H30FN3O2. The normalized spacial score (nSPS) is 26.8. The molecule has 0 radical (unpaired) electrons. The Bertz CT molecular complexity index is 650. The van der Waals surface area contributed by atoms with Gasteiger partial charge < -0.3 is 19.7 Å². The van der Waals surface area contributed by atoms with Crippen LogP contribution in [0.5, 0.6) is 5.75 Å². The van der Waals surface area contributed by atoms with Gasteiger partial charge in [-0.25, -0.2) is 4.39 Å². The summed E-state index contributed by atoms with van der Waals surface area (Å²) in [4.78, 5) is 6.68. The van der Waals surface area contributed by atoms with Crippen molar-refractivity contribution in [3.63, 3.8) is 0 Å². The van der Waals surface area contributed by atoms with Crippen molar-refractivity contribution in [1.29, 1.82) is 0 Å². The van der Waals surface area contributed by atoms with Crippen molar-refractivity contribution in [2.75, 3.05) is 33.4 Å². The Labute approximate surface area is 155 Å². The lowest BCUT2D eigenvalue weighted by Crippen LogP contribution is -2.68. The fourth-order valence-corrected chi connectivity index (χ4v) is 4.14. The van der Waals surface area contributed by atoms with E-state index in [1.165, 1.54) is 6.07 Å². The summed E-state index contributed by atoms with van der Waals surface area (Å²) in [6.45, 7) is 9.11. The molecule has 1 aromatic carbocycles. The highest BCUT2D eigenvalue weighted by Crippen LogP contribution is 2.52. The van der Waals surface area contributed by atoms with Crippen molar-refractivity contribution in [3.05, 3.63) is 30.1 Å². The van der Waals surface area contributed by atoms with Crippen molar-refractivity contribution in [2.24, 2.45) is 16.3 Å². The zero-order valence-electron chi connectivity index (χ0n) is 16.2. The van der Waals surface area contributed by atoms with Gasteiger partial charge in [0.2, 0.25) is 0 Å². The second kappa shape index (κ2) is 7.82. The number of benzene rings is 1. The molecule has 0 bridgehead atoms. The number of likely N-dealkylation sites (N-methyl/N-ethyl adjacent to an activating group) is 1. The minimum Gasteiger partial charge on any atom is -0.489 e. The molecule has 3 unspecified atom stereocenters. The monoisotopic (exact) mass is 363 g/mol. The molecular weight excluding hydrogens is 333 g/mol. The van der Waals surface area contributed by atoms with Crippen LogP contribution in [0.4, 0.5) is 4.39 Å². The van der Waals surface area contributed by atoms with Gasteiger partial charge in [-0.2, -0.15) is 0 Å². The number of fused-ring (bicyclic) bond motifs is 1. The van der Waals surface area contributed by atoms with Crippen LogP contribution < -0.4 is 10.1 Å². The molecule has 1 aromatic rings. The third-order valence-corrected chi connectivity index (χ3v) is 5.58. The summed E-state index contributed by atoms with van der Waals surface area (Å²) in [5, 5.41) is 3.64. The van der Waals surface area contributed by atoms with E-state index in [0.717, 1.165) is 19.0 Å². The van der Waals surface area contributed by atoms with Gasteiger partial charge in [0.1, 0.15) is 6.61 Å². The third-order valence-electron chi connectivity index (χ3n) is 5.58. The number of ether oxygens (including phenoxy) is 2. The predicted octanol–water partition coefficient (Wildman–Crippen LogP) is 2.92. The molecule has 0 amide bonds. The molecule has 1 saturated carbocycles. The van der Waals surface area contributed by atoms with Crippen LogP contribution in [0.2, 0.25) is 0 Å². The van der Waals surface area contributed by atoms with Crippen molar-refractivity contribution in [2.45, 2.75) is 39.3 Å². The highest BCUT2D eigenvalue weighted by Gasteiger charge is 2.59. The van der Waals surface area contributed by atoms with Crippen LogP contribution in [0, 0.1) is 17.2 Å². The maximum Gasteiger partial charge on any atom is 0.194 e. The van der Waals surface area contributed by atoms with Gasteiger partial charge in [0.25, 0.3) is 0 Å². The van der Waals surface area contributed by atoms with Crippen LogP contribution in [0.3, 0.4) is 0 Å². The molecule has 1 heterocycles. The van der Waals surface area contributed by atoms with Crippen molar-refractivity contribution < 1.29 is 13.9 Å². The Balaban J connectivity index is 1.56. The van der Waals surface area contributed by atoms with Crippen LogP contribution in [-0.4, -0.2) is 56.4 Å². The molecule has 3 atom stereocenters. The molecule has 0 spiro atoms. The summed E-state index contributed by atoms with van der Waals surface area (Å²) >= 11 is 0. The second-order valence-corrected chi connectivity index (χ2v) is 7.69. The number of guanidine groups is 1. The minimum atomic E-state index is -0.334. The van der Waals surface area contributed by atoms with Crippen molar-refractivity contribution in [3.8, 4) is 5.75 Å². The number of aliphatic imine (C=N–C) groups is 1. The van der Waals surface area contributed by atoms with Gasteiger partial charge in [0.15, 0.2) is 17.5 Å². The highest BCUT2D eigenvalue weighted by molar-refractivity contribution is 5.80. The minimum absolute atomic E-state index is 0.0974. The van der Waals surface area contributed by atoms with Gasteiger partial charge in [0.05, 0.1) is 12.6 Å². The molecule has 5 nitrogen and oxygen atoms in total. The second-order valence-electron chi connectivity index (χ2n) is 7.69. The van der Waals surface area contributed by atoms with E-state index < -0.39 is 0 Å². The van der Waals surface area contributed by atoms with Gasteiger partial charge in [-0.15, -0.1) is 0 Å². The Kier molecular flexibility index (Phi) is 5.70. The van der Waals surface area contributed by atoms with Crippen LogP contribution >= 0.6 is 0 Å². The number of halogens is 1. The molecule has 26 heavy (non-hydrogen) atoms. The fourth-order valence-electron chi connectivity index (χ4n) is 4.14. The molecule has 0 aromatic heterocycles. The van der Waals surface area contributed by atoms with Crippen molar-refractivity contribution in [1.82, 2.24) is 10.2 Å². The summed E-state index contributed by atoms with van der Waals surface area (Å²) in [7, 11) is 1.99. The van der Waals surface area contributed by atoms with E-state index in [1.54, 1.807) is 18.2 Å². The SMILES string of the molecule is CCN=C(NC1C2CCOC2C1(C)C)N(C)CCOc1ccccc1F. The average molecular weight is 363 g/mol. The Morgan fingerprint density at radius 2 is 2.19 bits per heavy atom. The van der Waals surface area contributed by atoms with Gasteiger partial charge in [-0.05, 0) is 25.5 Å². The van der Waals surface area contributed by atoms with Gasteiger partial charge in [0, 0.05) is 37.6 Å². The molecule has 3 rings (SSSR count). The number of hydrogen-bond acceptors (Lipinski definition) is 3. The van der Waals surface area contributed by atoms with E-state index >= 15 is 0 Å². The smallest absolute Gasteiger partial charge is 0.194 e. The number of nitrogens with one attached hydrogen (secondary N) is 1. The van der Waals surface area contributed by atoms with E-state index in [-0.39, 0.29) is 17.0 Å². The molecule has 1 aliphatic heterocycles. The molecule has 2 aliphatic rings. The van der Waals surface area contributed by atoms with E-state index in [1.807, 2.05) is 18.9 Å². The van der Waals surface area contributed by atoms with Crippen LogP contribution in [0.1, 0.15) is 27.2 Å². The first kappa shape index (κ1) is 19.0. The largest absolute Gasteiger partial charge is 0.489 e. The first-order chi connectivity index (χ1) is 12.4. The van der Waals surface area contributed by atoms with Crippen LogP contribution in [0.25, 0.3) is 0 Å². The molecule has 1 saturated heterocycles. The summed E-state index contributed by atoms with van der Waals surface area (Å²) in [6.07, 6.45) is 1.45. The zero-order chi connectivity index (χ0) is 18.7. The molecule has 144 valence electrons. The van der Waals surface area contributed by atoms with Crippen LogP contribution in [0.15, 0.2) is 29.3 Å². The first-order valence-corrected chi connectivity index (χ1v) is 9.46. The third kappa shape index (κ3) is 3.65. The predicted molar refractivity (Wildman–Crippen MR) is 101 cm³/mol. The van der Waals surface area contributed by atoms with Crippen molar-refractivity contribution >= 4 is 5.96 Å². The highest BCUT2D eigenvalue weighted by atomic mass is 19.1. The summed E-state index contributed by atoms with van der Waals surface area (Å²) in [6, 6.07) is 6.83. The first-order valence-electron chi connectivity index (χ1n) is 9.46. The standard InChI is InChI=1S/C20H30FN3O2/c1-5-22-19(23-17-14-10-12-26-18(14)20(17,2)3)24(4)11-13-25-16-9-7-6-8-15(16)21/h6-9,14,17-18H,5,10-13H2,1-4H3,(H,22,23). The number of nitrogens with zero attached hydrogens (tertiary/aromatic N) is 2. The summed E-state index contributed by atoms with van der Waals surface area (Å²) in [5.41, 5.74) is 0.0974. The lowest BCUT2D eigenvalue weighted by atomic mass is 9.57. The van der Waals surface area contributed by atoms with E-state index in [9.17, 15) is 4.39 Å². The molecule has 1 aliphatic carbocycles. The van der Waals surface area contributed by atoms with Crippen LogP contribution in [-0.2, 0) is 4.74 Å². The Hall–Kier alpha value is -1.82. The summed E-state index contributed by atoms with van der Waals surface area (Å²) < 4.78 is 25.1. The quantitative estimate of drug-likeness (QED) is 0.624. The molecule has 6 heteroatoms. The zero-order valence-corrected chi connectivity index (χ0v) is 16.2. The topological polar surface area (TPSA) is 46.1 Å². The lowest BCUT2D eigenvalue weighted by molar-refractivity contribution is -0.107. The van der Waals surface area contributed by atoms with E-state index in [2.05, 4.69) is 24.2 Å². The Morgan fingerprint density at radius 1 is 1.42 bits per heavy atom. The van der Waals surface area contributed by atoms with E-state index in [0.29, 0.717) is 37.8 Å². The number of hydrogen-bond donors (Lipinski definition) is 1. The fraction of sp³-hybridized carbons (Fsp3) is 0.650. The van der Waals surface area contributed by atoms with Gasteiger partial charge in [-0.3, -0.25) is 4.99 Å². The average Bonchev–Trinajstić information content (AvgIpc) is 3.07. The number of para-hydroxylation sites is 1. The summed E-state index contributed by atoms with van der Waals surface area (Å²) in [5.74, 6) is 1.37. The number of rotatable bonds is 6. The van der Waals surface area contributed by atoms with E-state index in [4.69, 9.17) is 9.47 Å². The lowest BCUT2D eigenvalue weighted by Gasteiger charge is -2.55. The van der Waals surface area contributed by atoms with Gasteiger partial charge >= 0.3 is 0 Å².